The second kappa shape index (κ2) is 24.5. The zero-order valence-corrected chi connectivity index (χ0v) is 42.1. The number of para-hydroxylation sites is 1. The molecular weight excluding hydrogens is 980 g/mol. The number of halogens is 2. The fourth-order valence-electron chi connectivity index (χ4n) is 9.43. The number of piperidine rings is 2. The third kappa shape index (κ3) is 13.3. The molecule has 2 N–H and O–H groups in total. The van der Waals surface area contributed by atoms with Crippen molar-refractivity contribution in [3.8, 4) is 11.5 Å². The van der Waals surface area contributed by atoms with Crippen molar-refractivity contribution >= 4 is 65.6 Å². The molecular formula is C53H64Br2N4O8. The molecule has 2 aliphatic rings. The molecule has 358 valence electrons. The Bertz CT molecular complexity index is 2580. The molecule has 0 spiro atoms. The Morgan fingerprint density at radius 1 is 0.582 bits per heavy atom. The minimum Gasteiger partial charge on any atom is -0.491 e. The predicted octanol–water partition coefficient (Wildman–Crippen LogP) is 11.1. The van der Waals surface area contributed by atoms with Crippen molar-refractivity contribution in [1.29, 1.82) is 0 Å². The lowest BCUT2D eigenvalue weighted by molar-refractivity contribution is 0.0680. The zero-order valence-electron chi connectivity index (χ0n) is 38.9. The van der Waals surface area contributed by atoms with Crippen LogP contribution in [0, 0.1) is 6.92 Å². The second-order valence-electron chi connectivity index (χ2n) is 17.3. The molecule has 2 aliphatic heterocycles. The lowest BCUT2D eigenvalue weighted by atomic mass is 9.89. The smallest absolute Gasteiger partial charge is 0.339 e. The first-order valence-corrected chi connectivity index (χ1v) is 25.2. The third-order valence-corrected chi connectivity index (χ3v) is 14.0. The minimum atomic E-state index is -0.959. The maximum Gasteiger partial charge on any atom is 0.339 e. The predicted molar refractivity (Wildman–Crippen MR) is 272 cm³/mol. The topological polar surface area (TPSA) is 128 Å². The summed E-state index contributed by atoms with van der Waals surface area (Å²) in [4.78, 5) is 27.7. The molecule has 0 saturated carbocycles. The lowest BCUT2D eigenvalue weighted by Gasteiger charge is -2.31. The number of carbonyl (C=O) groups is 2. The quantitative estimate of drug-likeness (QED) is 0.0714. The van der Waals surface area contributed by atoms with Crippen LogP contribution in [0.4, 0.5) is 0 Å². The van der Waals surface area contributed by atoms with E-state index in [4.69, 9.17) is 18.9 Å². The van der Waals surface area contributed by atoms with E-state index in [-0.39, 0.29) is 11.1 Å². The van der Waals surface area contributed by atoms with Gasteiger partial charge in [-0.15, -0.1) is 0 Å². The van der Waals surface area contributed by atoms with Gasteiger partial charge >= 0.3 is 11.9 Å². The molecule has 0 atom stereocenters. The van der Waals surface area contributed by atoms with Crippen LogP contribution < -0.4 is 9.47 Å². The van der Waals surface area contributed by atoms with Gasteiger partial charge in [0.25, 0.3) is 0 Å². The SMILES string of the molecule is CCOCCn1cc(C2CCN(CCOc3ccc(C)cc3C(=O)O)CC2)c2ccc(Br)cc21.CCOCCn1cc(C2CCN(CCOc3ccccc3C(=O)O)CC2)c2ccc(Br)cc21. The first-order chi connectivity index (χ1) is 32.5. The van der Waals surface area contributed by atoms with E-state index in [1.807, 2.05) is 26.8 Å². The molecule has 0 aliphatic carbocycles. The van der Waals surface area contributed by atoms with Gasteiger partial charge < -0.3 is 38.3 Å². The van der Waals surface area contributed by atoms with Gasteiger partial charge in [-0.05, 0) is 144 Å². The summed E-state index contributed by atoms with van der Waals surface area (Å²) in [6, 6.07) is 25.2. The van der Waals surface area contributed by atoms with E-state index in [1.165, 1.54) is 32.9 Å². The molecule has 0 radical (unpaired) electrons. The number of nitrogens with zero attached hydrogens (tertiary/aromatic N) is 4. The molecule has 67 heavy (non-hydrogen) atoms. The van der Waals surface area contributed by atoms with Crippen LogP contribution in [0.2, 0.25) is 0 Å². The molecule has 0 unspecified atom stereocenters. The molecule has 0 amide bonds. The highest BCUT2D eigenvalue weighted by molar-refractivity contribution is 9.10. The average Bonchev–Trinajstić information content (AvgIpc) is 3.87. The number of aromatic nitrogens is 2. The minimum absolute atomic E-state index is 0.212. The summed E-state index contributed by atoms with van der Waals surface area (Å²) in [5.41, 5.74) is 6.73. The number of hydrogen-bond acceptors (Lipinski definition) is 8. The zero-order chi connectivity index (χ0) is 47.3. The van der Waals surface area contributed by atoms with Crippen LogP contribution in [-0.4, -0.2) is 120 Å². The van der Waals surface area contributed by atoms with Gasteiger partial charge in [0, 0.05) is 82.5 Å². The number of benzene rings is 4. The number of hydrogen-bond donors (Lipinski definition) is 2. The number of likely N-dealkylation sites (tertiary alicyclic amines) is 2. The van der Waals surface area contributed by atoms with Gasteiger partial charge in [-0.3, -0.25) is 9.80 Å². The molecule has 0 bridgehead atoms. The average molecular weight is 1040 g/mol. The van der Waals surface area contributed by atoms with E-state index >= 15 is 0 Å². The van der Waals surface area contributed by atoms with Gasteiger partial charge in [0.1, 0.15) is 35.8 Å². The van der Waals surface area contributed by atoms with Gasteiger partial charge in [0.15, 0.2) is 0 Å². The molecule has 4 heterocycles. The number of aromatic carboxylic acids is 2. The summed E-state index contributed by atoms with van der Waals surface area (Å²) in [6.45, 7) is 17.2. The maximum atomic E-state index is 11.5. The summed E-state index contributed by atoms with van der Waals surface area (Å²) < 4.78 is 29.7. The van der Waals surface area contributed by atoms with Crippen molar-refractivity contribution in [2.45, 2.75) is 71.4 Å². The summed E-state index contributed by atoms with van der Waals surface area (Å²) in [7, 11) is 0. The Morgan fingerprint density at radius 3 is 1.51 bits per heavy atom. The van der Waals surface area contributed by atoms with Crippen LogP contribution in [-0.2, 0) is 22.6 Å². The third-order valence-electron chi connectivity index (χ3n) is 13.0. The van der Waals surface area contributed by atoms with Gasteiger partial charge in [-0.1, -0.05) is 67.8 Å². The van der Waals surface area contributed by atoms with E-state index < -0.39 is 11.9 Å². The summed E-state index contributed by atoms with van der Waals surface area (Å²) in [6.07, 6.45) is 9.06. The Labute approximate surface area is 411 Å². The van der Waals surface area contributed by atoms with Gasteiger partial charge in [-0.2, -0.15) is 0 Å². The molecule has 2 fully saturated rings. The normalized spacial score (nSPS) is 15.2. The first-order valence-electron chi connectivity index (χ1n) is 23.6. The van der Waals surface area contributed by atoms with Crippen LogP contribution in [0.5, 0.6) is 11.5 Å². The second-order valence-corrected chi connectivity index (χ2v) is 19.1. The molecule has 12 nitrogen and oxygen atoms in total. The molecule has 2 aromatic heterocycles. The van der Waals surface area contributed by atoms with Crippen molar-refractivity contribution in [3.63, 3.8) is 0 Å². The fourth-order valence-corrected chi connectivity index (χ4v) is 10.1. The first kappa shape index (κ1) is 50.2. The van der Waals surface area contributed by atoms with E-state index in [1.54, 1.807) is 36.4 Å². The van der Waals surface area contributed by atoms with Gasteiger partial charge in [-0.25, -0.2) is 9.59 Å². The standard InChI is InChI=1S/C27H33BrN2O4.C26H31BrN2O4/c1-3-33-14-13-30-18-24(22-6-5-21(28)17-25(22)30)20-8-10-29(11-9-20)12-15-34-26-7-4-19(2)16-23(26)27(31)32;1-2-32-15-14-29-18-23(21-8-7-20(27)17-24(21)29)19-9-11-28(12-10-19)13-16-33-25-6-4-3-5-22(25)26(30)31/h4-7,16-18,20H,3,8-15H2,1-2H3,(H,31,32);3-8,17-19H,2,9-16H2,1H3,(H,30,31). The molecule has 8 rings (SSSR count). The number of fused-ring (bicyclic) bond motifs is 2. The highest BCUT2D eigenvalue weighted by Gasteiger charge is 2.26. The van der Waals surface area contributed by atoms with Crippen molar-refractivity contribution < 1.29 is 38.7 Å². The van der Waals surface area contributed by atoms with Crippen molar-refractivity contribution in [2.24, 2.45) is 0 Å². The van der Waals surface area contributed by atoms with Crippen LogP contribution >= 0.6 is 31.9 Å². The number of carboxylic acids is 2. The highest BCUT2D eigenvalue weighted by atomic mass is 79.9. The summed E-state index contributed by atoms with van der Waals surface area (Å²) in [5.74, 6) is 0.0348. The van der Waals surface area contributed by atoms with Crippen LogP contribution in [0.25, 0.3) is 21.8 Å². The van der Waals surface area contributed by atoms with E-state index in [0.717, 1.165) is 119 Å². The van der Waals surface area contributed by atoms with Crippen molar-refractivity contribution in [2.75, 3.05) is 78.9 Å². The van der Waals surface area contributed by atoms with Crippen molar-refractivity contribution in [3.05, 3.63) is 128 Å². The fraction of sp³-hybridized carbons (Fsp3) is 0.434. The summed E-state index contributed by atoms with van der Waals surface area (Å²) >= 11 is 7.24. The Balaban J connectivity index is 0.000000199. The van der Waals surface area contributed by atoms with E-state index in [9.17, 15) is 19.8 Å². The molecule has 2 saturated heterocycles. The molecule has 4 aromatic carbocycles. The molecule has 14 heteroatoms. The number of ether oxygens (including phenoxy) is 4. The van der Waals surface area contributed by atoms with E-state index in [2.05, 4.69) is 99.6 Å². The monoisotopic (exact) mass is 1040 g/mol. The number of aryl methyl sites for hydroxylation is 1. The van der Waals surface area contributed by atoms with Crippen LogP contribution in [0.1, 0.15) is 88.8 Å². The van der Waals surface area contributed by atoms with Gasteiger partial charge in [0.2, 0.25) is 0 Å². The Hall–Kier alpha value is -4.70. The van der Waals surface area contributed by atoms with Gasteiger partial charge in [0.05, 0.1) is 13.2 Å². The summed E-state index contributed by atoms with van der Waals surface area (Å²) in [5, 5.41) is 21.4. The Morgan fingerprint density at radius 2 is 1.04 bits per heavy atom. The maximum absolute atomic E-state index is 11.5. The highest BCUT2D eigenvalue weighted by Crippen LogP contribution is 2.37. The molecule has 6 aromatic rings. The number of carboxylic acid groups (broad SMARTS) is 2. The largest absolute Gasteiger partial charge is 0.491 e. The lowest BCUT2D eigenvalue weighted by Crippen LogP contribution is -2.35. The van der Waals surface area contributed by atoms with Crippen LogP contribution in [0.15, 0.2) is 100 Å². The van der Waals surface area contributed by atoms with E-state index in [0.29, 0.717) is 36.5 Å². The Kier molecular flexibility index (Phi) is 18.4. The van der Waals surface area contributed by atoms with Crippen molar-refractivity contribution in [1.82, 2.24) is 18.9 Å². The number of rotatable bonds is 20. The van der Waals surface area contributed by atoms with Crippen LogP contribution in [0.3, 0.4) is 0 Å².